The van der Waals surface area contributed by atoms with E-state index >= 15 is 0 Å². The van der Waals surface area contributed by atoms with Crippen molar-refractivity contribution >= 4 is 35.0 Å². The van der Waals surface area contributed by atoms with E-state index in [1.807, 2.05) is 25.1 Å². The average Bonchev–Trinajstić information content (AvgIpc) is 3.15. The van der Waals surface area contributed by atoms with Crippen molar-refractivity contribution in [3.8, 4) is 0 Å². The largest absolute Gasteiger partial charge is 0.416 e. The maximum Gasteiger partial charge on any atom is 0.416 e. The number of halogens is 3. The fourth-order valence-corrected chi connectivity index (χ4v) is 4.91. The van der Waals surface area contributed by atoms with Crippen LogP contribution in [0.15, 0.2) is 48.5 Å². The number of amides is 2. The molecule has 2 atom stereocenters. The van der Waals surface area contributed by atoms with Gasteiger partial charge in [-0.25, -0.2) is 0 Å². The van der Waals surface area contributed by atoms with Crippen LogP contribution in [0.2, 0.25) is 0 Å². The molecular formula is C24H27F3N2O2S. The molecular weight excluding hydrogens is 437 g/mol. The molecule has 1 aliphatic rings. The van der Waals surface area contributed by atoms with Crippen LogP contribution in [-0.4, -0.2) is 17.6 Å². The van der Waals surface area contributed by atoms with Gasteiger partial charge in [-0.05, 0) is 54.8 Å². The Morgan fingerprint density at radius 3 is 2.53 bits per heavy atom. The van der Waals surface area contributed by atoms with E-state index in [2.05, 4.69) is 12.2 Å². The highest BCUT2D eigenvalue weighted by Crippen LogP contribution is 2.43. The molecule has 0 saturated carbocycles. The minimum absolute atomic E-state index is 0.0205. The molecule has 1 N–H and O–H groups in total. The zero-order chi connectivity index (χ0) is 23.3. The topological polar surface area (TPSA) is 49.4 Å². The lowest BCUT2D eigenvalue weighted by Crippen LogP contribution is -2.28. The van der Waals surface area contributed by atoms with Gasteiger partial charge in [-0.1, -0.05) is 38.8 Å². The van der Waals surface area contributed by atoms with Crippen LogP contribution in [-0.2, 0) is 15.8 Å². The summed E-state index contributed by atoms with van der Waals surface area (Å²) in [5, 5.41) is 2.60. The maximum atomic E-state index is 12.9. The zero-order valence-corrected chi connectivity index (χ0v) is 18.9. The average molecular weight is 465 g/mol. The lowest BCUT2D eigenvalue weighted by atomic mass is 9.98. The van der Waals surface area contributed by atoms with E-state index in [4.69, 9.17) is 0 Å². The maximum absolute atomic E-state index is 12.9. The van der Waals surface area contributed by atoms with Crippen LogP contribution in [0.5, 0.6) is 0 Å². The van der Waals surface area contributed by atoms with Gasteiger partial charge in [0.1, 0.15) is 5.37 Å². The highest BCUT2D eigenvalue weighted by atomic mass is 32.2. The first-order chi connectivity index (χ1) is 15.2. The van der Waals surface area contributed by atoms with Gasteiger partial charge in [0.05, 0.1) is 11.3 Å². The Labute approximate surface area is 190 Å². The van der Waals surface area contributed by atoms with Crippen molar-refractivity contribution < 1.29 is 22.8 Å². The molecule has 172 valence electrons. The van der Waals surface area contributed by atoms with Crippen molar-refractivity contribution in [2.24, 2.45) is 5.92 Å². The summed E-state index contributed by atoms with van der Waals surface area (Å²) in [4.78, 5) is 26.7. The van der Waals surface area contributed by atoms with E-state index in [1.165, 1.54) is 28.8 Å². The number of carbonyl (C=O) groups excluding carboxylic acids is 2. The van der Waals surface area contributed by atoms with Gasteiger partial charge in [0.2, 0.25) is 11.8 Å². The van der Waals surface area contributed by atoms with Crippen LogP contribution in [0.1, 0.15) is 56.0 Å². The van der Waals surface area contributed by atoms with Crippen LogP contribution >= 0.6 is 11.8 Å². The quantitative estimate of drug-likeness (QED) is 0.476. The summed E-state index contributed by atoms with van der Waals surface area (Å²) in [6.45, 7) is 4.09. The van der Waals surface area contributed by atoms with Gasteiger partial charge in [-0.15, -0.1) is 11.8 Å². The first-order valence-electron chi connectivity index (χ1n) is 10.8. The third kappa shape index (κ3) is 5.65. The van der Waals surface area contributed by atoms with E-state index < -0.39 is 11.7 Å². The third-order valence-corrected chi connectivity index (χ3v) is 6.76. The Bertz CT molecular complexity index is 947. The van der Waals surface area contributed by atoms with Gasteiger partial charge in [0.15, 0.2) is 0 Å². The van der Waals surface area contributed by atoms with Crippen LogP contribution in [0.4, 0.5) is 24.5 Å². The van der Waals surface area contributed by atoms with Crippen LogP contribution in [0, 0.1) is 5.92 Å². The smallest absolute Gasteiger partial charge is 0.326 e. The molecule has 0 bridgehead atoms. The summed E-state index contributed by atoms with van der Waals surface area (Å²) in [5.74, 6) is -0.00524. The fraction of sp³-hybridized carbons (Fsp3) is 0.417. The number of carbonyl (C=O) groups is 2. The van der Waals surface area contributed by atoms with Crippen LogP contribution in [0.3, 0.4) is 0 Å². The molecule has 1 aliphatic heterocycles. The number of anilines is 2. The highest BCUT2D eigenvalue weighted by Gasteiger charge is 2.35. The van der Waals surface area contributed by atoms with E-state index in [-0.39, 0.29) is 28.9 Å². The molecule has 0 aliphatic carbocycles. The number of nitrogens with zero attached hydrogens (tertiary/aromatic N) is 1. The summed E-state index contributed by atoms with van der Waals surface area (Å²) in [7, 11) is 0. The second-order valence-corrected chi connectivity index (χ2v) is 8.90. The summed E-state index contributed by atoms with van der Waals surface area (Å²) in [6.07, 6.45) is -0.796. The SMILES string of the molecule is CCCC[C@@H](CC)C(=O)Nc1cccc([C@@H]2SCC(=O)N2c2ccc(C(F)(F)F)cc2)c1. The number of rotatable bonds is 8. The molecule has 32 heavy (non-hydrogen) atoms. The number of nitrogens with one attached hydrogen (secondary N) is 1. The molecule has 0 unspecified atom stereocenters. The van der Waals surface area contributed by atoms with Gasteiger partial charge < -0.3 is 5.32 Å². The molecule has 2 aromatic carbocycles. The number of hydrogen-bond donors (Lipinski definition) is 1. The van der Waals surface area contributed by atoms with Gasteiger partial charge in [0.25, 0.3) is 0 Å². The van der Waals surface area contributed by atoms with E-state index in [1.54, 1.807) is 6.07 Å². The molecule has 2 aromatic rings. The Hall–Kier alpha value is -2.48. The van der Waals surface area contributed by atoms with Gasteiger partial charge in [-0.3, -0.25) is 14.5 Å². The Morgan fingerprint density at radius 1 is 1.19 bits per heavy atom. The summed E-state index contributed by atoms with van der Waals surface area (Å²) in [5.41, 5.74) is 1.11. The van der Waals surface area contributed by atoms with Crippen LogP contribution in [0.25, 0.3) is 0 Å². The number of hydrogen-bond acceptors (Lipinski definition) is 3. The van der Waals surface area contributed by atoms with E-state index in [0.29, 0.717) is 11.4 Å². The first kappa shape index (κ1) is 24.2. The molecule has 4 nitrogen and oxygen atoms in total. The predicted molar refractivity (Wildman–Crippen MR) is 123 cm³/mol. The van der Waals surface area contributed by atoms with Gasteiger partial charge in [0, 0.05) is 17.3 Å². The predicted octanol–water partition coefficient (Wildman–Crippen LogP) is 6.64. The number of thioether (sulfide) groups is 1. The molecule has 1 saturated heterocycles. The lowest BCUT2D eigenvalue weighted by molar-refractivity contribution is -0.137. The minimum atomic E-state index is -4.43. The molecule has 1 fully saturated rings. The van der Waals surface area contributed by atoms with E-state index in [0.717, 1.165) is 43.4 Å². The monoisotopic (exact) mass is 464 g/mol. The van der Waals surface area contributed by atoms with Crippen molar-refractivity contribution in [2.75, 3.05) is 16.0 Å². The summed E-state index contributed by atoms with van der Waals surface area (Å²) in [6, 6.07) is 11.9. The second kappa shape index (κ2) is 10.4. The normalized spacial score (nSPS) is 17.5. The van der Waals surface area contributed by atoms with E-state index in [9.17, 15) is 22.8 Å². The van der Waals surface area contributed by atoms with Crippen molar-refractivity contribution in [2.45, 2.75) is 51.1 Å². The Kier molecular flexibility index (Phi) is 7.87. The van der Waals surface area contributed by atoms with Crippen molar-refractivity contribution in [3.63, 3.8) is 0 Å². The Balaban J connectivity index is 1.79. The number of benzene rings is 2. The minimum Gasteiger partial charge on any atom is -0.326 e. The lowest BCUT2D eigenvalue weighted by Gasteiger charge is -2.25. The standard InChI is InChI=1S/C24H27F3N2O2S/c1-3-5-7-16(4-2)22(31)28-19-9-6-8-17(14-19)23-29(21(30)15-32-23)20-12-10-18(11-13-20)24(25,26)27/h6,8-14,16,23H,3-5,7,15H2,1-2H3,(H,28,31)/t16-,23+/m1/s1. The van der Waals surface area contributed by atoms with Gasteiger partial charge >= 0.3 is 6.18 Å². The highest BCUT2D eigenvalue weighted by molar-refractivity contribution is 8.00. The molecule has 1 heterocycles. The third-order valence-electron chi connectivity index (χ3n) is 5.55. The van der Waals surface area contributed by atoms with Crippen molar-refractivity contribution in [1.29, 1.82) is 0 Å². The molecule has 0 radical (unpaired) electrons. The summed E-state index contributed by atoms with van der Waals surface area (Å²) >= 11 is 1.41. The number of unbranched alkanes of at least 4 members (excludes halogenated alkanes) is 1. The summed E-state index contributed by atoms with van der Waals surface area (Å²) < 4.78 is 38.7. The van der Waals surface area contributed by atoms with Crippen LogP contribution < -0.4 is 10.2 Å². The molecule has 2 amide bonds. The Morgan fingerprint density at radius 2 is 1.91 bits per heavy atom. The molecule has 8 heteroatoms. The second-order valence-electron chi connectivity index (χ2n) is 7.83. The molecule has 0 aromatic heterocycles. The molecule has 3 rings (SSSR count). The first-order valence-corrected chi connectivity index (χ1v) is 11.8. The zero-order valence-electron chi connectivity index (χ0n) is 18.1. The van der Waals surface area contributed by atoms with Gasteiger partial charge in [-0.2, -0.15) is 13.2 Å². The van der Waals surface area contributed by atoms with Crippen molar-refractivity contribution in [1.82, 2.24) is 0 Å². The number of alkyl halides is 3. The molecule has 0 spiro atoms. The van der Waals surface area contributed by atoms with Crippen molar-refractivity contribution in [3.05, 3.63) is 59.7 Å². The fourth-order valence-electron chi connectivity index (χ4n) is 3.75.